The Labute approximate surface area is 164 Å². The van der Waals surface area contributed by atoms with E-state index in [-0.39, 0.29) is 29.6 Å². The molecule has 2 aromatic rings. The molecule has 0 saturated carbocycles. The van der Waals surface area contributed by atoms with Gasteiger partial charge in [0, 0.05) is 38.8 Å². The maximum Gasteiger partial charge on any atom is 0.329 e. The molecular weight excluding hydrogens is 358 g/mol. The molecule has 1 aromatic carbocycles. The second-order valence-electron chi connectivity index (χ2n) is 8.37. The molecule has 1 aromatic heterocycles. The standard InChI is InChI=1S/C20H29N5O3/c1-20(2,3)21-17(26)13-23-9-11-24(12-10-23)18(27)14-25-16-8-6-5-7-15(16)22(4)19(25)28/h5-8H,9-14H2,1-4H3,(H,21,26). The molecule has 2 amide bonds. The van der Waals surface area contributed by atoms with Crippen LogP contribution in [0.5, 0.6) is 0 Å². The Morgan fingerprint density at radius 2 is 1.61 bits per heavy atom. The summed E-state index contributed by atoms with van der Waals surface area (Å²) in [5.41, 5.74) is 1.14. The van der Waals surface area contributed by atoms with Gasteiger partial charge in [0.25, 0.3) is 0 Å². The Bertz CT molecular complexity index is 929. The van der Waals surface area contributed by atoms with Crippen LogP contribution in [0.15, 0.2) is 29.1 Å². The summed E-state index contributed by atoms with van der Waals surface area (Å²) < 4.78 is 3.09. The summed E-state index contributed by atoms with van der Waals surface area (Å²) in [5.74, 6) is -0.0770. The molecule has 8 heteroatoms. The molecule has 1 N–H and O–H groups in total. The molecule has 3 rings (SSSR count). The van der Waals surface area contributed by atoms with E-state index in [1.165, 1.54) is 4.57 Å². The van der Waals surface area contributed by atoms with E-state index in [1.54, 1.807) is 16.5 Å². The number of nitrogens with one attached hydrogen (secondary N) is 1. The highest BCUT2D eigenvalue weighted by Crippen LogP contribution is 2.12. The molecule has 152 valence electrons. The normalized spacial score (nSPS) is 15.8. The van der Waals surface area contributed by atoms with Gasteiger partial charge >= 0.3 is 5.69 Å². The summed E-state index contributed by atoms with van der Waals surface area (Å²) in [5, 5.41) is 2.96. The second kappa shape index (κ2) is 7.79. The number of imidazole rings is 1. The largest absolute Gasteiger partial charge is 0.350 e. The van der Waals surface area contributed by atoms with Crippen LogP contribution >= 0.6 is 0 Å². The number of carbonyl (C=O) groups is 2. The topological polar surface area (TPSA) is 79.6 Å². The van der Waals surface area contributed by atoms with E-state index in [4.69, 9.17) is 0 Å². The maximum atomic E-state index is 12.7. The number of nitrogens with zero attached hydrogens (tertiary/aromatic N) is 4. The molecule has 0 atom stereocenters. The van der Waals surface area contributed by atoms with Crippen molar-refractivity contribution < 1.29 is 9.59 Å². The van der Waals surface area contributed by atoms with Crippen LogP contribution < -0.4 is 11.0 Å². The summed E-state index contributed by atoms with van der Waals surface area (Å²) in [6.07, 6.45) is 0. The lowest BCUT2D eigenvalue weighted by Gasteiger charge is -2.35. The van der Waals surface area contributed by atoms with Gasteiger partial charge in [-0.15, -0.1) is 0 Å². The quantitative estimate of drug-likeness (QED) is 0.824. The van der Waals surface area contributed by atoms with Gasteiger partial charge in [-0.1, -0.05) is 12.1 Å². The SMILES string of the molecule is Cn1c(=O)n(CC(=O)N2CCN(CC(=O)NC(C)(C)C)CC2)c2ccccc21. The predicted molar refractivity (Wildman–Crippen MR) is 108 cm³/mol. The van der Waals surface area contributed by atoms with Gasteiger partial charge < -0.3 is 10.2 Å². The summed E-state index contributed by atoms with van der Waals surface area (Å²) in [6.45, 7) is 8.64. The second-order valence-corrected chi connectivity index (χ2v) is 8.37. The van der Waals surface area contributed by atoms with Crippen LogP contribution in [0.3, 0.4) is 0 Å². The molecule has 1 fully saturated rings. The third kappa shape index (κ3) is 4.44. The van der Waals surface area contributed by atoms with E-state index in [0.29, 0.717) is 32.7 Å². The highest BCUT2D eigenvalue weighted by Gasteiger charge is 2.24. The molecule has 0 aliphatic carbocycles. The number of carbonyl (C=O) groups excluding carboxylic acids is 2. The van der Waals surface area contributed by atoms with Crippen LogP contribution in [0.1, 0.15) is 20.8 Å². The van der Waals surface area contributed by atoms with Crippen molar-refractivity contribution in [3.8, 4) is 0 Å². The van der Waals surface area contributed by atoms with Crippen LogP contribution in [0.2, 0.25) is 0 Å². The lowest BCUT2D eigenvalue weighted by Crippen LogP contribution is -2.53. The van der Waals surface area contributed by atoms with Crippen molar-refractivity contribution in [3.63, 3.8) is 0 Å². The zero-order chi connectivity index (χ0) is 20.5. The average Bonchev–Trinajstić information content (AvgIpc) is 2.86. The van der Waals surface area contributed by atoms with Crippen LogP contribution in [0, 0.1) is 0 Å². The smallest absolute Gasteiger partial charge is 0.329 e. The van der Waals surface area contributed by atoms with Crippen molar-refractivity contribution in [2.45, 2.75) is 32.9 Å². The van der Waals surface area contributed by atoms with Gasteiger partial charge in [0.1, 0.15) is 6.54 Å². The number of hydrogen-bond donors (Lipinski definition) is 1. The maximum absolute atomic E-state index is 12.7. The highest BCUT2D eigenvalue weighted by molar-refractivity contribution is 5.81. The van der Waals surface area contributed by atoms with Crippen molar-refractivity contribution >= 4 is 22.8 Å². The van der Waals surface area contributed by atoms with Gasteiger partial charge in [-0.2, -0.15) is 0 Å². The van der Waals surface area contributed by atoms with Gasteiger partial charge in [0.15, 0.2) is 0 Å². The summed E-state index contributed by atoms with van der Waals surface area (Å²) in [7, 11) is 1.72. The fraction of sp³-hybridized carbons (Fsp3) is 0.550. The van der Waals surface area contributed by atoms with Crippen molar-refractivity contribution in [1.29, 1.82) is 0 Å². The predicted octanol–water partition coefficient (Wildman–Crippen LogP) is 0.399. The minimum atomic E-state index is -0.249. The van der Waals surface area contributed by atoms with Crippen LogP contribution in [-0.4, -0.2) is 69.0 Å². The van der Waals surface area contributed by atoms with Gasteiger partial charge in [-0.25, -0.2) is 4.79 Å². The number of aryl methyl sites for hydroxylation is 1. The molecule has 0 radical (unpaired) electrons. The Morgan fingerprint density at radius 1 is 1.00 bits per heavy atom. The first-order valence-corrected chi connectivity index (χ1v) is 9.61. The van der Waals surface area contributed by atoms with E-state index in [0.717, 1.165) is 11.0 Å². The van der Waals surface area contributed by atoms with Crippen molar-refractivity contribution in [2.24, 2.45) is 7.05 Å². The number of aromatic nitrogens is 2. The van der Waals surface area contributed by atoms with Gasteiger partial charge in [-0.3, -0.25) is 23.6 Å². The molecule has 0 unspecified atom stereocenters. The zero-order valence-corrected chi connectivity index (χ0v) is 17.1. The number of piperazine rings is 1. The molecule has 2 heterocycles. The minimum Gasteiger partial charge on any atom is -0.350 e. The minimum absolute atomic E-state index is 0.00501. The van der Waals surface area contributed by atoms with Crippen molar-refractivity contribution in [1.82, 2.24) is 24.3 Å². The summed E-state index contributed by atoms with van der Waals surface area (Å²) in [4.78, 5) is 41.1. The molecule has 0 bridgehead atoms. The summed E-state index contributed by atoms with van der Waals surface area (Å²) >= 11 is 0. The molecule has 1 aliphatic heterocycles. The highest BCUT2D eigenvalue weighted by atomic mass is 16.2. The molecule has 1 aliphatic rings. The molecule has 28 heavy (non-hydrogen) atoms. The lowest BCUT2D eigenvalue weighted by atomic mass is 10.1. The number of benzene rings is 1. The first kappa shape index (κ1) is 20.1. The monoisotopic (exact) mass is 387 g/mol. The molecule has 8 nitrogen and oxygen atoms in total. The van der Waals surface area contributed by atoms with E-state index in [1.807, 2.05) is 45.0 Å². The third-order valence-corrected chi connectivity index (χ3v) is 4.95. The van der Waals surface area contributed by atoms with Gasteiger partial charge in [0.05, 0.1) is 17.6 Å². The van der Waals surface area contributed by atoms with Crippen LogP contribution in [0.25, 0.3) is 11.0 Å². The van der Waals surface area contributed by atoms with E-state index in [2.05, 4.69) is 10.2 Å². The number of fused-ring (bicyclic) bond motifs is 1. The fourth-order valence-corrected chi connectivity index (χ4v) is 3.57. The Morgan fingerprint density at radius 3 is 2.21 bits per heavy atom. The molecule has 0 spiro atoms. The Hall–Kier alpha value is -2.61. The van der Waals surface area contributed by atoms with E-state index >= 15 is 0 Å². The Kier molecular flexibility index (Phi) is 5.60. The van der Waals surface area contributed by atoms with Gasteiger partial charge in [0.2, 0.25) is 11.8 Å². The lowest BCUT2D eigenvalue weighted by molar-refractivity contribution is -0.133. The molecule has 1 saturated heterocycles. The summed E-state index contributed by atoms with van der Waals surface area (Å²) in [6, 6.07) is 7.47. The van der Waals surface area contributed by atoms with E-state index in [9.17, 15) is 14.4 Å². The van der Waals surface area contributed by atoms with Gasteiger partial charge in [-0.05, 0) is 32.9 Å². The number of rotatable bonds is 4. The van der Waals surface area contributed by atoms with Crippen LogP contribution in [-0.2, 0) is 23.2 Å². The van der Waals surface area contributed by atoms with Crippen molar-refractivity contribution in [3.05, 3.63) is 34.7 Å². The van der Waals surface area contributed by atoms with E-state index < -0.39 is 0 Å². The first-order valence-electron chi connectivity index (χ1n) is 9.61. The number of hydrogen-bond acceptors (Lipinski definition) is 4. The first-order chi connectivity index (χ1) is 13.2. The third-order valence-electron chi connectivity index (χ3n) is 4.95. The fourth-order valence-electron chi connectivity index (χ4n) is 3.57. The zero-order valence-electron chi connectivity index (χ0n) is 17.1. The molecular formula is C20H29N5O3. The van der Waals surface area contributed by atoms with Crippen molar-refractivity contribution in [2.75, 3.05) is 32.7 Å². The number of amides is 2. The van der Waals surface area contributed by atoms with Crippen LogP contribution in [0.4, 0.5) is 0 Å². The Balaban J connectivity index is 1.59. The average molecular weight is 387 g/mol. The number of para-hydroxylation sites is 2.